The van der Waals surface area contributed by atoms with Gasteiger partial charge in [-0.05, 0) is 43.0 Å². The van der Waals surface area contributed by atoms with Gasteiger partial charge in [0.1, 0.15) is 5.75 Å². The maximum absolute atomic E-state index is 5.96. The van der Waals surface area contributed by atoms with E-state index in [2.05, 4.69) is 47.1 Å². The van der Waals surface area contributed by atoms with Crippen LogP contribution in [0, 0.1) is 19.3 Å². The number of hydrogen-bond acceptors (Lipinski definition) is 4. The lowest BCUT2D eigenvalue weighted by Gasteiger charge is -2.52. The molecule has 2 aliphatic rings. The largest absolute Gasteiger partial charge is 0.493 e. The molecular weight excluding hydrogens is 262 g/mol. The molecule has 2 aromatic rings. The zero-order valence-corrected chi connectivity index (χ0v) is 12.5. The first-order chi connectivity index (χ1) is 10.2. The molecule has 1 saturated heterocycles. The van der Waals surface area contributed by atoms with Gasteiger partial charge in [0.15, 0.2) is 5.82 Å². The Morgan fingerprint density at radius 2 is 2.00 bits per heavy atom. The summed E-state index contributed by atoms with van der Waals surface area (Å²) in [6.45, 7) is 7.01. The molecule has 21 heavy (non-hydrogen) atoms. The van der Waals surface area contributed by atoms with Gasteiger partial charge in [-0.15, -0.1) is 5.10 Å². The highest BCUT2D eigenvalue weighted by Gasteiger charge is 2.47. The number of rotatable bonds is 1. The highest BCUT2D eigenvalue weighted by molar-refractivity contribution is 5.52. The average molecular weight is 281 g/mol. The summed E-state index contributed by atoms with van der Waals surface area (Å²) in [5, 5.41) is 8.41. The van der Waals surface area contributed by atoms with E-state index < -0.39 is 0 Å². The maximum atomic E-state index is 5.96. The maximum Gasteiger partial charge on any atom is 0.154 e. The molecule has 0 saturated carbocycles. The Hall–Kier alpha value is -2.10. The average Bonchev–Trinajstić information content (AvgIpc) is 2.47. The van der Waals surface area contributed by atoms with Crippen LogP contribution in [0.2, 0.25) is 0 Å². The van der Waals surface area contributed by atoms with Gasteiger partial charge in [0.05, 0.1) is 12.8 Å². The van der Waals surface area contributed by atoms with E-state index in [1.54, 1.807) is 0 Å². The Balaban J connectivity index is 1.54. The molecule has 0 N–H and O–H groups in total. The Bertz CT molecular complexity index is 692. The minimum Gasteiger partial charge on any atom is -0.493 e. The quantitative estimate of drug-likeness (QED) is 0.805. The van der Waals surface area contributed by atoms with E-state index in [-0.39, 0.29) is 5.41 Å². The third-order valence-electron chi connectivity index (χ3n) is 4.75. The van der Waals surface area contributed by atoms with Gasteiger partial charge < -0.3 is 9.64 Å². The van der Waals surface area contributed by atoms with Gasteiger partial charge in [-0.25, -0.2) is 0 Å². The van der Waals surface area contributed by atoms with Crippen LogP contribution < -0.4 is 9.64 Å². The van der Waals surface area contributed by atoms with Crippen LogP contribution in [-0.4, -0.2) is 29.9 Å². The van der Waals surface area contributed by atoms with Gasteiger partial charge in [-0.2, -0.15) is 5.10 Å². The highest BCUT2D eigenvalue weighted by Crippen LogP contribution is 2.42. The number of aromatic nitrogens is 2. The minimum atomic E-state index is 0.242. The number of nitrogens with zero attached hydrogens (tertiary/aromatic N) is 3. The van der Waals surface area contributed by atoms with Crippen LogP contribution in [0.3, 0.4) is 0 Å². The lowest BCUT2D eigenvalue weighted by atomic mass is 9.74. The molecule has 0 radical (unpaired) electrons. The fraction of sp³-hybridized carbons (Fsp3) is 0.412. The molecule has 2 aliphatic heterocycles. The van der Waals surface area contributed by atoms with Crippen LogP contribution in [0.1, 0.15) is 16.7 Å². The van der Waals surface area contributed by atoms with Gasteiger partial charge in [0.2, 0.25) is 0 Å². The molecule has 0 atom stereocenters. The van der Waals surface area contributed by atoms with E-state index in [9.17, 15) is 0 Å². The number of benzene rings is 1. The summed E-state index contributed by atoms with van der Waals surface area (Å²) in [6, 6.07) is 8.37. The molecule has 4 heteroatoms. The summed E-state index contributed by atoms with van der Waals surface area (Å²) in [4.78, 5) is 2.33. The standard InChI is InChI=1S/C17H19N3O/c1-12-8-18-19-16(13(12)2)20-9-17(10-20)7-14-5-3-4-6-15(14)21-11-17/h3-6,8H,7,9-11H2,1-2H3. The second kappa shape index (κ2) is 4.45. The fourth-order valence-corrected chi connectivity index (χ4v) is 3.41. The van der Waals surface area contributed by atoms with Crippen LogP contribution in [-0.2, 0) is 6.42 Å². The smallest absolute Gasteiger partial charge is 0.154 e. The lowest BCUT2D eigenvalue weighted by Crippen LogP contribution is -2.62. The molecule has 1 aromatic heterocycles. The number of fused-ring (bicyclic) bond motifs is 1. The normalized spacial score (nSPS) is 18.9. The molecule has 0 amide bonds. The Morgan fingerprint density at radius 1 is 1.19 bits per heavy atom. The minimum absolute atomic E-state index is 0.242. The third kappa shape index (κ3) is 1.97. The molecule has 4 nitrogen and oxygen atoms in total. The van der Waals surface area contributed by atoms with Crippen LogP contribution in [0.4, 0.5) is 5.82 Å². The van der Waals surface area contributed by atoms with E-state index >= 15 is 0 Å². The molecule has 108 valence electrons. The van der Waals surface area contributed by atoms with E-state index in [4.69, 9.17) is 4.74 Å². The summed E-state index contributed by atoms with van der Waals surface area (Å²) >= 11 is 0. The topological polar surface area (TPSA) is 38.2 Å². The van der Waals surface area contributed by atoms with E-state index in [1.165, 1.54) is 16.7 Å². The Morgan fingerprint density at radius 3 is 2.86 bits per heavy atom. The number of para-hydroxylation sites is 1. The van der Waals surface area contributed by atoms with Gasteiger partial charge in [0.25, 0.3) is 0 Å². The summed E-state index contributed by atoms with van der Waals surface area (Å²) < 4.78 is 5.96. The number of aryl methyl sites for hydroxylation is 1. The predicted octanol–water partition coefficient (Wildman–Crippen LogP) is 2.53. The first-order valence-electron chi connectivity index (χ1n) is 7.41. The van der Waals surface area contributed by atoms with Crippen LogP contribution >= 0.6 is 0 Å². The van der Waals surface area contributed by atoms with Crippen LogP contribution in [0.25, 0.3) is 0 Å². The summed E-state index contributed by atoms with van der Waals surface area (Å²) in [7, 11) is 0. The number of ether oxygens (including phenoxy) is 1. The van der Waals surface area contributed by atoms with Gasteiger partial charge >= 0.3 is 0 Å². The third-order valence-corrected chi connectivity index (χ3v) is 4.75. The van der Waals surface area contributed by atoms with Gasteiger partial charge in [-0.3, -0.25) is 0 Å². The second-order valence-electron chi connectivity index (χ2n) is 6.41. The number of hydrogen-bond donors (Lipinski definition) is 0. The van der Waals surface area contributed by atoms with Crippen molar-refractivity contribution >= 4 is 5.82 Å². The second-order valence-corrected chi connectivity index (χ2v) is 6.41. The fourth-order valence-electron chi connectivity index (χ4n) is 3.41. The first-order valence-corrected chi connectivity index (χ1v) is 7.41. The van der Waals surface area contributed by atoms with E-state index in [0.717, 1.165) is 37.7 Å². The van der Waals surface area contributed by atoms with Crippen molar-refractivity contribution in [2.24, 2.45) is 5.41 Å². The molecule has 1 fully saturated rings. The van der Waals surface area contributed by atoms with E-state index in [1.807, 2.05) is 12.3 Å². The molecule has 0 unspecified atom stereocenters. The van der Waals surface area contributed by atoms with Crippen molar-refractivity contribution in [1.29, 1.82) is 0 Å². The van der Waals surface area contributed by atoms with Crippen molar-refractivity contribution in [1.82, 2.24) is 10.2 Å². The zero-order valence-electron chi connectivity index (χ0n) is 12.5. The predicted molar refractivity (Wildman–Crippen MR) is 81.8 cm³/mol. The first kappa shape index (κ1) is 12.6. The summed E-state index contributed by atoms with van der Waals surface area (Å²) in [6.07, 6.45) is 2.92. The molecular formula is C17H19N3O. The van der Waals surface area contributed by atoms with Gasteiger partial charge in [0, 0.05) is 18.5 Å². The molecule has 1 spiro atoms. The van der Waals surface area contributed by atoms with Gasteiger partial charge in [-0.1, -0.05) is 18.2 Å². The molecule has 0 aliphatic carbocycles. The number of anilines is 1. The monoisotopic (exact) mass is 281 g/mol. The summed E-state index contributed by atoms with van der Waals surface area (Å²) in [5.41, 5.74) is 4.00. The molecule has 0 bridgehead atoms. The highest BCUT2D eigenvalue weighted by atomic mass is 16.5. The van der Waals surface area contributed by atoms with Crippen molar-refractivity contribution in [3.8, 4) is 5.75 Å². The van der Waals surface area contributed by atoms with Crippen molar-refractivity contribution in [3.05, 3.63) is 47.2 Å². The Labute approximate surface area is 124 Å². The Kier molecular flexibility index (Phi) is 2.67. The molecule has 4 rings (SSSR count). The van der Waals surface area contributed by atoms with Crippen LogP contribution in [0.15, 0.2) is 30.5 Å². The van der Waals surface area contributed by atoms with E-state index in [0.29, 0.717) is 0 Å². The van der Waals surface area contributed by atoms with Crippen molar-refractivity contribution in [2.45, 2.75) is 20.3 Å². The SMILES string of the molecule is Cc1cnnc(N2CC3(COc4ccccc4C3)C2)c1C. The van der Waals surface area contributed by atoms with Crippen LogP contribution in [0.5, 0.6) is 5.75 Å². The lowest BCUT2D eigenvalue weighted by molar-refractivity contribution is 0.0872. The zero-order chi connectivity index (χ0) is 14.4. The van der Waals surface area contributed by atoms with Crippen molar-refractivity contribution in [2.75, 3.05) is 24.6 Å². The van der Waals surface area contributed by atoms with Crippen molar-refractivity contribution < 1.29 is 4.74 Å². The van der Waals surface area contributed by atoms with Crippen molar-refractivity contribution in [3.63, 3.8) is 0 Å². The summed E-state index contributed by atoms with van der Waals surface area (Å²) in [5.74, 6) is 2.08. The molecule has 1 aromatic carbocycles. The molecule has 3 heterocycles.